The highest BCUT2D eigenvalue weighted by Gasteiger charge is 2.10. The van der Waals surface area contributed by atoms with Crippen LogP contribution < -0.4 is 0 Å². The average Bonchev–Trinajstić information content (AvgIpc) is 2.96. The molecule has 1 heterocycles. The fourth-order valence-electron chi connectivity index (χ4n) is 1.74. The fraction of sp³-hybridized carbons (Fsp3) is 0.0667. The second-order valence-corrected chi connectivity index (χ2v) is 5.71. The van der Waals surface area contributed by atoms with Crippen LogP contribution in [0.3, 0.4) is 0 Å². The van der Waals surface area contributed by atoms with Crippen LogP contribution in [0.5, 0.6) is 5.75 Å². The van der Waals surface area contributed by atoms with Gasteiger partial charge in [-0.25, -0.2) is 0 Å². The number of aromatic hydroxyl groups is 1. The van der Waals surface area contributed by atoms with Crippen LogP contribution in [0.15, 0.2) is 57.9 Å². The van der Waals surface area contributed by atoms with Crippen molar-refractivity contribution in [3.05, 3.63) is 59.4 Å². The monoisotopic (exact) mass is 318 g/mol. The van der Waals surface area contributed by atoms with Gasteiger partial charge in [0.25, 0.3) is 5.89 Å². The molecule has 21 heavy (non-hydrogen) atoms. The van der Waals surface area contributed by atoms with Crippen LogP contribution in [0.2, 0.25) is 5.02 Å². The van der Waals surface area contributed by atoms with E-state index in [1.54, 1.807) is 36.0 Å². The van der Waals surface area contributed by atoms with E-state index in [0.717, 1.165) is 10.5 Å². The SMILES string of the molecule is Oc1ccc(-c2nc(CSc3ccccc3Cl)no2)cc1. The Morgan fingerprint density at radius 1 is 1.10 bits per heavy atom. The van der Waals surface area contributed by atoms with Gasteiger partial charge in [-0.3, -0.25) is 0 Å². The highest BCUT2D eigenvalue weighted by atomic mass is 35.5. The summed E-state index contributed by atoms with van der Waals surface area (Å²) >= 11 is 7.65. The Morgan fingerprint density at radius 3 is 2.62 bits per heavy atom. The van der Waals surface area contributed by atoms with Gasteiger partial charge < -0.3 is 9.63 Å². The van der Waals surface area contributed by atoms with E-state index in [1.165, 1.54) is 0 Å². The maximum Gasteiger partial charge on any atom is 0.257 e. The number of hydrogen-bond acceptors (Lipinski definition) is 5. The van der Waals surface area contributed by atoms with Crippen LogP contribution in [0, 0.1) is 0 Å². The highest BCUT2D eigenvalue weighted by Crippen LogP contribution is 2.29. The van der Waals surface area contributed by atoms with Crippen molar-refractivity contribution in [1.82, 2.24) is 10.1 Å². The van der Waals surface area contributed by atoms with Crippen molar-refractivity contribution in [2.45, 2.75) is 10.6 Å². The predicted molar refractivity (Wildman–Crippen MR) is 82.4 cm³/mol. The van der Waals surface area contributed by atoms with Crippen LogP contribution in [-0.4, -0.2) is 15.2 Å². The molecule has 6 heteroatoms. The summed E-state index contributed by atoms with van der Waals surface area (Å²) in [6, 6.07) is 14.3. The molecule has 0 unspecified atom stereocenters. The first kappa shape index (κ1) is 14.0. The Kier molecular flexibility index (Phi) is 4.13. The minimum atomic E-state index is 0.202. The Hall–Kier alpha value is -1.98. The van der Waals surface area contributed by atoms with Crippen LogP contribution in [0.1, 0.15) is 5.82 Å². The van der Waals surface area contributed by atoms with Gasteiger partial charge in [-0.15, -0.1) is 11.8 Å². The Balaban J connectivity index is 1.71. The van der Waals surface area contributed by atoms with Crippen LogP contribution in [0.4, 0.5) is 0 Å². The zero-order chi connectivity index (χ0) is 14.7. The first-order valence-electron chi connectivity index (χ1n) is 6.22. The number of halogens is 1. The molecule has 0 bridgehead atoms. The largest absolute Gasteiger partial charge is 0.508 e. The van der Waals surface area contributed by atoms with Gasteiger partial charge in [0.05, 0.1) is 10.8 Å². The van der Waals surface area contributed by atoms with Crippen LogP contribution >= 0.6 is 23.4 Å². The van der Waals surface area contributed by atoms with Gasteiger partial charge in [-0.2, -0.15) is 4.98 Å². The van der Waals surface area contributed by atoms with Gasteiger partial charge in [0.15, 0.2) is 5.82 Å². The maximum absolute atomic E-state index is 9.26. The molecular formula is C15H11ClN2O2S. The molecule has 0 atom stereocenters. The molecule has 106 valence electrons. The second-order valence-electron chi connectivity index (χ2n) is 4.28. The summed E-state index contributed by atoms with van der Waals surface area (Å²) in [5.74, 6) is 1.81. The summed E-state index contributed by atoms with van der Waals surface area (Å²) < 4.78 is 5.22. The fourth-order valence-corrected chi connectivity index (χ4v) is 2.82. The van der Waals surface area contributed by atoms with Crippen molar-refractivity contribution in [3.63, 3.8) is 0 Å². The number of rotatable bonds is 4. The van der Waals surface area contributed by atoms with E-state index in [9.17, 15) is 5.11 Å². The molecule has 2 aromatic carbocycles. The van der Waals surface area contributed by atoms with Crippen molar-refractivity contribution in [3.8, 4) is 17.2 Å². The van der Waals surface area contributed by atoms with Gasteiger partial charge in [-0.05, 0) is 36.4 Å². The normalized spacial score (nSPS) is 10.7. The third kappa shape index (κ3) is 3.37. The van der Waals surface area contributed by atoms with Crippen LogP contribution in [0.25, 0.3) is 11.5 Å². The van der Waals surface area contributed by atoms with Gasteiger partial charge in [-0.1, -0.05) is 28.9 Å². The minimum Gasteiger partial charge on any atom is -0.508 e. The summed E-state index contributed by atoms with van der Waals surface area (Å²) in [7, 11) is 0. The number of hydrogen-bond donors (Lipinski definition) is 1. The molecule has 0 fully saturated rings. The summed E-state index contributed by atoms with van der Waals surface area (Å²) in [5, 5.41) is 13.9. The lowest BCUT2D eigenvalue weighted by Gasteiger charge is -2.00. The molecule has 0 spiro atoms. The van der Waals surface area contributed by atoms with Gasteiger partial charge in [0.2, 0.25) is 0 Å². The lowest BCUT2D eigenvalue weighted by atomic mass is 10.2. The molecule has 0 radical (unpaired) electrons. The molecule has 0 aliphatic heterocycles. The maximum atomic E-state index is 9.26. The molecule has 3 rings (SSSR count). The molecule has 0 aliphatic carbocycles. The van der Waals surface area contributed by atoms with Crippen molar-refractivity contribution in [1.29, 1.82) is 0 Å². The van der Waals surface area contributed by atoms with E-state index in [0.29, 0.717) is 22.5 Å². The van der Waals surface area contributed by atoms with Crippen molar-refractivity contribution in [2.75, 3.05) is 0 Å². The summed E-state index contributed by atoms with van der Waals surface area (Å²) in [4.78, 5) is 5.31. The van der Waals surface area contributed by atoms with Gasteiger partial charge in [0, 0.05) is 10.5 Å². The van der Waals surface area contributed by atoms with E-state index in [4.69, 9.17) is 16.1 Å². The van der Waals surface area contributed by atoms with Gasteiger partial charge in [0.1, 0.15) is 5.75 Å². The molecule has 3 aromatic rings. The number of benzene rings is 2. The third-order valence-corrected chi connectivity index (χ3v) is 4.29. The molecule has 1 N–H and O–H groups in total. The van der Waals surface area contributed by atoms with E-state index < -0.39 is 0 Å². The van der Waals surface area contributed by atoms with Crippen molar-refractivity contribution >= 4 is 23.4 Å². The molecule has 0 amide bonds. The number of phenols is 1. The third-order valence-electron chi connectivity index (χ3n) is 2.78. The smallest absolute Gasteiger partial charge is 0.257 e. The Morgan fingerprint density at radius 2 is 1.86 bits per heavy atom. The van der Waals surface area contributed by atoms with E-state index in [1.807, 2.05) is 24.3 Å². The Labute approximate surface area is 130 Å². The lowest BCUT2D eigenvalue weighted by Crippen LogP contribution is -1.84. The van der Waals surface area contributed by atoms with E-state index in [2.05, 4.69) is 10.1 Å². The van der Waals surface area contributed by atoms with E-state index in [-0.39, 0.29) is 5.75 Å². The molecule has 4 nitrogen and oxygen atoms in total. The van der Waals surface area contributed by atoms with Gasteiger partial charge >= 0.3 is 0 Å². The summed E-state index contributed by atoms with van der Waals surface area (Å²) in [5.41, 5.74) is 0.772. The molecule has 0 saturated heterocycles. The standard InChI is InChI=1S/C15H11ClN2O2S/c16-12-3-1-2-4-13(12)21-9-14-17-15(20-18-14)10-5-7-11(19)8-6-10/h1-8,19H,9H2. The predicted octanol–water partition coefficient (Wildman–Crippen LogP) is 4.39. The number of phenolic OH excluding ortho intramolecular Hbond substituents is 1. The molecule has 1 aromatic heterocycles. The molecule has 0 saturated carbocycles. The van der Waals surface area contributed by atoms with Crippen LogP contribution in [-0.2, 0) is 5.75 Å². The summed E-state index contributed by atoms with van der Waals surface area (Å²) in [6.45, 7) is 0. The first-order valence-corrected chi connectivity index (χ1v) is 7.58. The van der Waals surface area contributed by atoms with E-state index >= 15 is 0 Å². The van der Waals surface area contributed by atoms with Crippen molar-refractivity contribution in [2.24, 2.45) is 0 Å². The average molecular weight is 319 g/mol. The number of thioether (sulfide) groups is 1. The summed E-state index contributed by atoms with van der Waals surface area (Å²) in [6.07, 6.45) is 0. The Bertz CT molecular complexity index is 743. The lowest BCUT2D eigenvalue weighted by molar-refractivity contribution is 0.425. The van der Waals surface area contributed by atoms with Crippen molar-refractivity contribution < 1.29 is 9.63 Å². The zero-order valence-corrected chi connectivity index (χ0v) is 12.4. The first-order chi connectivity index (χ1) is 10.2. The topological polar surface area (TPSA) is 59.2 Å². The quantitative estimate of drug-likeness (QED) is 0.723. The zero-order valence-electron chi connectivity index (χ0n) is 10.9. The second kappa shape index (κ2) is 6.20. The molecule has 0 aliphatic rings. The molecular weight excluding hydrogens is 308 g/mol. The highest BCUT2D eigenvalue weighted by molar-refractivity contribution is 7.98. The minimum absolute atomic E-state index is 0.202. The number of nitrogens with zero attached hydrogens (tertiary/aromatic N) is 2. The number of aromatic nitrogens is 2.